The van der Waals surface area contributed by atoms with Gasteiger partial charge in [0.15, 0.2) is 6.29 Å². The molecule has 0 aliphatic carbocycles. The highest BCUT2D eigenvalue weighted by atomic mass is 16.7. The van der Waals surface area contributed by atoms with Gasteiger partial charge in [-0.1, -0.05) is 150 Å². The molecule has 11 nitrogen and oxygen atoms in total. The number of esters is 1. The highest BCUT2D eigenvalue weighted by molar-refractivity contribution is 5.76. The van der Waals surface area contributed by atoms with E-state index in [1.54, 1.807) is 6.08 Å². The molecule has 0 saturated carbocycles. The van der Waals surface area contributed by atoms with Crippen LogP contribution in [0.2, 0.25) is 0 Å². The normalized spacial score (nSPS) is 20.5. The predicted octanol–water partition coefficient (Wildman–Crippen LogP) is 10.3. The van der Waals surface area contributed by atoms with Crippen molar-refractivity contribution < 1.29 is 49.3 Å². The molecule has 0 bridgehead atoms. The minimum atomic E-state index is -1.60. The molecule has 1 amide bonds. The highest BCUT2D eigenvalue weighted by Crippen LogP contribution is 2.22. The summed E-state index contributed by atoms with van der Waals surface area (Å²) in [6, 6.07) is -0.880. The molecule has 1 rings (SSSR count). The van der Waals surface area contributed by atoms with Gasteiger partial charge in [0, 0.05) is 12.8 Å². The molecule has 1 aliphatic heterocycles. The number of rotatable bonds is 41. The molecular formula is C54H91NO10. The molecule has 1 saturated heterocycles. The van der Waals surface area contributed by atoms with Crippen LogP contribution >= 0.6 is 0 Å². The van der Waals surface area contributed by atoms with Crippen molar-refractivity contribution in [1.82, 2.24) is 5.32 Å². The third-order valence-corrected chi connectivity index (χ3v) is 11.3. The minimum absolute atomic E-state index is 0.0573. The first-order chi connectivity index (χ1) is 31.7. The zero-order chi connectivity index (χ0) is 47.4. The van der Waals surface area contributed by atoms with Crippen molar-refractivity contribution in [2.75, 3.05) is 19.8 Å². The Morgan fingerprint density at radius 1 is 0.600 bits per heavy atom. The van der Waals surface area contributed by atoms with Gasteiger partial charge in [-0.15, -0.1) is 0 Å². The number of ether oxygens (including phenoxy) is 3. The van der Waals surface area contributed by atoms with Crippen LogP contribution < -0.4 is 5.32 Å². The van der Waals surface area contributed by atoms with E-state index in [1.807, 2.05) is 31.2 Å². The smallest absolute Gasteiger partial charge is 0.305 e. The quantitative estimate of drug-likeness (QED) is 0.0197. The summed E-state index contributed by atoms with van der Waals surface area (Å²) in [6.45, 7) is 3.92. The Kier molecular flexibility index (Phi) is 40.0. The Hall–Kier alpha value is -3.16. The van der Waals surface area contributed by atoms with Crippen LogP contribution in [0.15, 0.2) is 85.1 Å². The van der Waals surface area contributed by atoms with Gasteiger partial charge in [0.2, 0.25) is 5.91 Å². The Bertz CT molecular complexity index is 1350. The number of carbonyl (C=O) groups excluding carboxylic acids is 2. The Morgan fingerprint density at radius 2 is 1.12 bits per heavy atom. The number of carbonyl (C=O) groups is 2. The molecule has 11 heteroatoms. The summed E-state index contributed by atoms with van der Waals surface area (Å²) in [5.41, 5.74) is 0. The largest absolute Gasteiger partial charge is 0.466 e. The van der Waals surface area contributed by atoms with Gasteiger partial charge in [-0.3, -0.25) is 9.59 Å². The lowest BCUT2D eigenvalue weighted by Gasteiger charge is -2.40. The lowest BCUT2D eigenvalue weighted by Crippen LogP contribution is -2.60. The SMILES string of the molecule is C/C=C/CC/C=C/CC/C=C/C(O)C(COC1OC(CO)C(O)C(O)C1O)NC(=O)CC/C=C\C/C=C\CCCCCCCCOC(=O)CCCCCCC/C=C\C/C=C\CCCCC. The molecular weight excluding hydrogens is 823 g/mol. The maximum absolute atomic E-state index is 12.9. The van der Waals surface area contributed by atoms with E-state index in [4.69, 9.17) is 14.2 Å². The van der Waals surface area contributed by atoms with Crippen LogP contribution in [0.25, 0.3) is 0 Å². The summed E-state index contributed by atoms with van der Waals surface area (Å²) < 4.78 is 16.6. The summed E-state index contributed by atoms with van der Waals surface area (Å²) in [5.74, 6) is -0.342. The zero-order valence-corrected chi connectivity index (χ0v) is 40.4. The van der Waals surface area contributed by atoms with Crippen LogP contribution in [0.5, 0.6) is 0 Å². The Labute approximate surface area is 393 Å². The molecule has 65 heavy (non-hydrogen) atoms. The molecule has 7 unspecified atom stereocenters. The standard InChI is InChI=1S/C54H91NO10/c1-3-5-7-9-11-13-14-15-16-19-22-26-30-34-38-42-50(59)63-43-39-35-31-27-23-20-17-18-21-25-29-33-37-41-49(58)55-46(47(57)40-36-32-28-24-12-10-8-6-4-2)45-64-54-53(62)52(61)51(60)48(44-56)65-54/h4,6,11-13,15-16,18,21,24,29,33,36,40,46-48,51-54,56-57,60-62H,3,5,7-10,14,17,19-20,22-23,25-28,30-32,34-35,37-39,41-45H2,1-2H3,(H,55,58)/b6-4+,13-11-,16-15-,21-18-,24-12+,33-29-,40-36+. The molecule has 0 aromatic rings. The second kappa shape index (κ2) is 43.4. The molecule has 0 radical (unpaired) electrons. The average Bonchev–Trinajstić information content (AvgIpc) is 3.30. The summed E-state index contributed by atoms with van der Waals surface area (Å²) in [4.78, 5) is 25.0. The number of aliphatic hydroxyl groups is 5. The molecule has 0 aromatic heterocycles. The number of hydrogen-bond acceptors (Lipinski definition) is 10. The van der Waals surface area contributed by atoms with Crippen LogP contribution in [0.3, 0.4) is 0 Å². The highest BCUT2D eigenvalue weighted by Gasteiger charge is 2.44. The van der Waals surface area contributed by atoms with Crippen molar-refractivity contribution in [3.63, 3.8) is 0 Å². The van der Waals surface area contributed by atoms with Gasteiger partial charge < -0.3 is 45.1 Å². The fourth-order valence-electron chi connectivity index (χ4n) is 7.20. The van der Waals surface area contributed by atoms with Crippen molar-refractivity contribution in [2.45, 2.75) is 224 Å². The number of hydrogen-bond donors (Lipinski definition) is 6. The van der Waals surface area contributed by atoms with Gasteiger partial charge >= 0.3 is 5.97 Å². The van der Waals surface area contributed by atoms with Gasteiger partial charge in [0.1, 0.15) is 24.4 Å². The number of amides is 1. The predicted molar refractivity (Wildman–Crippen MR) is 264 cm³/mol. The maximum Gasteiger partial charge on any atom is 0.305 e. The van der Waals surface area contributed by atoms with Crippen molar-refractivity contribution in [2.24, 2.45) is 0 Å². The number of nitrogens with one attached hydrogen (secondary N) is 1. The van der Waals surface area contributed by atoms with E-state index in [0.717, 1.165) is 83.5 Å². The van der Waals surface area contributed by atoms with E-state index in [0.29, 0.717) is 25.9 Å². The van der Waals surface area contributed by atoms with Gasteiger partial charge in [-0.25, -0.2) is 0 Å². The van der Waals surface area contributed by atoms with E-state index in [1.165, 1.54) is 57.8 Å². The monoisotopic (exact) mass is 914 g/mol. The van der Waals surface area contributed by atoms with Gasteiger partial charge in [-0.05, 0) is 103 Å². The molecule has 1 aliphatic rings. The third kappa shape index (κ3) is 33.9. The molecule has 0 spiro atoms. The van der Waals surface area contributed by atoms with Crippen LogP contribution in [-0.4, -0.2) is 100 Å². The topological polar surface area (TPSA) is 175 Å². The molecule has 7 atom stereocenters. The van der Waals surface area contributed by atoms with E-state index < -0.39 is 49.5 Å². The van der Waals surface area contributed by atoms with E-state index >= 15 is 0 Å². The van der Waals surface area contributed by atoms with E-state index in [2.05, 4.69) is 66.9 Å². The maximum atomic E-state index is 12.9. The number of aliphatic hydroxyl groups excluding tert-OH is 5. The lowest BCUT2D eigenvalue weighted by molar-refractivity contribution is -0.302. The van der Waals surface area contributed by atoms with Gasteiger partial charge in [0.05, 0.1) is 32.0 Å². The van der Waals surface area contributed by atoms with E-state index in [9.17, 15) is 35.1 Å². The summed E-state index contributed by atoms with van der Waals surface area (Å²) in [5, 5.41) is 53.9. The van der Waals surface area contributed by atoms with Gasteiger partial charge in [-0.2, -0.15) is 0 Å². The van der Waals surface area contributed by atoms with Crippen molar-refractivity contribution in [1.29, 1.82) is 0 Å². The van der Waals surface area contributed by atoms with Crippen LogP contribution in [0.4, 0.5) is 0 Å². The fourth-order valence-corrected chi connectivity index (χ4v) is 7.20. The molecule has 6 N–H and O–H groups in total. The average molecular weight is 914 g/mol. The van der Waals surface area contributed by atoms with Crippen LogP contribution in [0, 0.1) is 0 Å². The van der Waals surface area contributed by atoms with Crippen LogP contribution in [-0.2, 0) is 23.8 Å². The molecule has 1 fully saturated rings. The summed E-state index contributed by atoms with van der Waals surface area (Å²) >= 11 is 0. The second-order valence-corrected chi connectivity index (χ2v) is 17.1. The van der Waals surface area contributed by atoms with Crippen molar-refractivity contribution >= 4 is 11.9 Å². The summed E-state index contributed by atoms with van der Waals surface area (Å²) in [7, 11) is 0. The first-order valence-corrected chi connectivity index (χ1v) is 25.3. The Morgan fingerprint density at radius 3 is 1.72 bits per heavy atom. The van der Waals surface area contributed by atoms with Crippen LogP contribution in [0.1, 0.15) is 181 Å². The van der Waals surface area contributed by atoms with Crippen molar-refractivity contribution in [3.8, 4) is 0 Å². The lowest BCUT2D eigenvalue weighted by atomic mass is 9.99. The molecule has 1 heterocycles. The molecule has 0 aromatic carbocycles. The minimum Gasteiger partial charge on any atom is -0.466 e. The van der Waals surface area contributed by atoms with Gasteiger partial charge in [0.25, 0.3) is 0 Å². The number of unbranched alkanes of at least 4 members (excludes halogenated alkanes) is 16. The summed E-state index contributed by atoms with van der Waals surface area (Å²) in [6.07, 6.45) is 47.0. The van der Waals surface area contributed by atoms with E-state index in [-0.39, 0.29) is 24.9 Å². The zero-order valence-electron chi connectivity index (χ0n) is 40.4. The van der Waals surface area contributed by atoms with Crippen molar-refractivity contribution in [3.05, 3.63) is 85.1 Å². The molecule has 372 valence electrons. The third-order valence-electron chi connectivity index (χ3n) is 11.3. The number of allylic oxidation sites excluding steroid dienone is 13. The first kappa shape index (κ1) is 59.9. The second-order valence-electron chi connectivity index (χ2n) is 17.1. The Balaban J connectivity index is 2.19. The first-order valence-electron chi connectivity index (χ1n) is 25.3. The fraction of sp³-hybridized carbons (Fsp3) is 0.704.